The molecular weight excluding hydrogens is 204 g/mol. The number of halogens is 1. The molecule has 0 N–H and O–H groups in total. The van der Waals surface area contributed by atoms with Crippen molar-refractivity contribution in [3.05, 3.63) is 34.9 Å². The monoisotopic (exact) mass is 222 g/mol. The molecule has 0 spiro atoms. The molecule has 0 saturated heterocycles. The van der Waals surface area contributed by atoms with E-state index in [1.165, 1.54) is 31.2 Å². The molecule has 0 radical (unpaired) electrons. The van der Waals surface area contributed by atoms with Crippen LogP contribution in [0.2, 0.25) is 5.02 Å². The summed E-state index contributed by atoms with van der Waals surface area (Å²) in [5, 5.41) is 0.841. The second kappa shape index (κ2) is 4.17. The third-order valence-corrected chi connectivity index (χ3v) is 3.80. The Morgan fingerprint density at radius 3 is 2.47 bits per heavy atom. The van der Waals surface area contributed by atoms with Gasteiger partial charge in [-0.15, -0.1) is 0 Å². The van der Waals surface area contributed by atoms with Gasteiger partial charge in [0, 0.05) is 5.02 Å². The Labute approximate surface area is 97.6 Å². The van der Waals surface area contributed by atoms with E-state index in [2.05, 4.69) is 26.0 Å². The van der Waals surface area contributed by atoms with Crippen LogP contribution >= 0.6 is 11.6 Å². The fourth-order valence-electron chi connectivity index (χ4n) is 2.72. The summed E-state index contributed by atoms with van der Waals surface area (Å²) < 4.78 is 0. The van der Waals surface area contributed by atoms with E-state index in [-0.39, 0.29) is 0 Å². The number of hydrogen-bond donors (Lipinski definition) is 0. The van der Waals surface area contributed by atoms with E-state index in [1.807, 2.05) is 12.1 Å². The first-order chi connectivity index (χ1) is 7.07. The summed E-state index contributed by atoms with van der Waals surface area (Å²) in [6.45, 7) is 4.77. The fourth-order valence-corrected chi connectivity index (χ4v) is 2.84. The van der Waals surface area contributed by atoms with Crippen molar-refractivity contribution in [3.63, 3.8) is 0 Å². The van der Waals surface area contributed by atoms with Crippen molar-refractivity contribution in [1.82, 2.24) is 0 Å². The first-order valence-electron chi connectivity index (χ1n) is 5.82. The molecule has 1 saturated carbocycles. The van der Waals surface area contributed by atoms with Gasteiger partial charge in [-0.2, -0.15) is 0 Å². The average molecular weight is 223 g/mol. The molecule has 0 aromatic heterocycles. The maximum Gasteiger partial charge on any atom is 0.0406 e. The van der Waals surface area contributed by atoms with E-state index in [1.54, 1.807) is 0 Å². The Bertz CT molecular complexity index is 324. The maximum atomic E-state index is 5.91. The van der Waals surface area contributed by atoms with Gasteiger partial charge in [0.15, 0.2) is 0 Å². The highest BCUT2D eigenvalue weighted by molar-refractivity contribution is 6.30. The molecule has 1 fully saturated rings. The summed E-state index contributed by atoms with van der Waals surface area (Å²) in [6, 6.07) is 8.40. The molecule has 1 heteroatoms. The van der Waals surface area contributed by atoms with Crippen molar-refractivity contribution in [2.45, 2.75) is 45.4 Å². The van der Waals surface area contributed by atoms with Crippen LogP contribution in [0.25, 0.3) is 0 Å². The number of hydrogen-bond acceptors (Lipinski definition) is 0. The summed E-state index contributed by atoms with van der Waals surface area (Å²) in [5.41, 5.74) is 1.98. The molecule has 0 heterocycles. The number of rotatable bonds is 1. The van der Waals surface area contributed by atoms with Crippen molar-refractivity contribution in [1.29, 1.82) is 0 Å². The van der Waals surface area contributed by atoms with Crippen molar-refractivity contribution >= 4 is 11.6 Å². The van der Waals surface area contributed by atoms with E-state index in [4.69, 9.17) is 11.6 Å². The Kier molecular flexibility index (Phi) is 3.06. The highest BCUT2D eigenvalue weighted by atomic mass is 35.5. The molecule has 0 nitrogen and oxygen atoms in total. The summed E-state index contributed by atoms with van der Waals surface area (Å²) in [4.78, 5) is 0. The van der Waals surface area contributed by atoms with Gasteiger partial charge >= 0.3 is 0 Å². The van der Waals surface area contributed by atoms with Gasteiger partial charge in [-0.1, -0.05) is 44.0 Å². The molecule has 1 aliphatic rings. The standard InChI is InChI=1S/C14H19Cl/c1-14(2)9-3-4-12(10-14)11-5-7-13(15)8-6-11/h5-8,12H,3-4,9-10H2,1-2H3. The zero-order valence-corrected chi connectivity index (χ0v) is 10.3. The van der Waals surface area contributed by atoms with Crippen LogP contribution in [0.5, 0.6) is 0 Å². The van der Waals surface area contributed by atoms with Crippen LogP contribution in [0.3, 0.4) is 0 Å². The maximum absolute atomic E-state index is 5.91. The molecular formula is C14H19Cl. The smallest absolute Gasteiger partial charge is 0.0406 e. The summed E-state index contributed by atoms with van der Waals surface area (Å²) in [7, 11) is 0. The van der Waals surface area contributed by atoms with Crippen LogP contribution in [0.15, 0.2) is 24.3 Å². The summed E-state index contributed by atoms with van der Waals surface area (Å²) in [5.74, 6) is 0.742. The minimum absolute atomic E-state index is 0.516. The lowest BCUT2D eigenvalue weighted by atomic mass is 9.70. The van der Waals surface area contributed by atoms with Crippen molar-refractivity contribution in [2.75, 3.05) is 0 Å². The van der Waals surface area contributed by atoms with Crippen molar-refractivity contribution < 1.29 is 0 Å². The quantitative estimate of drug-likeness (QED) is 0.626. The van der Waals surface area contributed by atoms with E-state index >= 15 is 0 Å². The highest BCUT2D eigenvalue weighted by Crippen LogP contribution is 2.43. The second-order valence-corrected chi connectivity index (χ2v) is 5.95. The molecule has 1 aliphatic carbocycles. The Balaban J connectivity index is 2.13. The van der Waals surface area contributed by atoms with E-state index in [9.17, 15) is 0 Å². The fraction of sp³-hybridized carbons (Fsp3) is 0.571. The molecule has 15 heavy (non-hydrogen) atoms. The van der Waals surface area contributed by atoms with Gasteiger partial charge in [0.25, 0.3) is 0 Å². The normalized spacial score (nSPS) is 25.1. The van der Waals surface area contributed by atoms with Gasteiger partial charge in [-0.25, -0.2) is 0 Å². The molecule has 0 aliphatic heterocycles. The SMILES string of the molecule is CC1(C)CCCC(c2ccc(Cl)cc2)C1. The van der Waals surface area contributed by atoms with E-state index in [0.717, 1.165) is 10.9 Å². The predicted molar refractivity (Wildman–Crippen MR) is 66.4 cm³/mol. The number of benzene rings is 1. The molecule has 1 aromatic rings. The Hall–Kier alpha value is -0.490. The Morgan fingerprint density at radius 2 is 1.87 bits per heavy atom. The van der Waals surface area contributed by atoms with E-state index in [0.29, 0.717) is 5.41 Å². The molecule has 1 unspecified atom stereocenters. The third kappa shape index (κ3) is 2.75. The molecule has 2 rings (SSSR count). The lowest BCUT2D eigenvalue weighted by Gasteiger charge is -2.35. The van der Waals surface area contributed by atoms with Crippen LogP contribution in [0.4, 0.5) is 0 Å². The largest absolute Gasteiger partial charge is 0.0843 e. The van der Waals surface area contributed by atoms with Gasteiger partial charge in [-0.3, -0.25) is 0 Å². The van der Waals surface area contributed by atoms with Crippen LogP contribution in [-0.4, -0.2) is 0 Å². The first-order valence-corrected chi connectivity index (χ1v) is 6.20. The zero-order valence-electron chi connectivity index (χ0n) is 9.59. The van der Waals surface area contributed by atoms with Gasteiger partial charge < -0.3 is 0 Å². The van der Waals surface area contributed by atoms with Crippen LogP contribution < -0.4 is 0 Å². The lowest BCUT2D eigenvalue weighted by molar-refractivity contribution is 0.219. The zero-order chi connectivity index (χ0) is 10.9. The summed E-state index contributed by atoms with van der Waals surface area (Å²) in [6.07, 6.45) is 5.39. The van der Waals surface area contributed by atoms with Gasteiger partial charge in [0.2, 0.25) is 0 Å². The third-order valence-electron chi connectivity index (χ3n) is 3.55. The molecule has 1 atom stereocenters. The lowest BCUT2D eigenvalue weighted by Crippen LogP contribution is -2.21. The first kappa shape index (κ1) is 11.0. The van der Waals surface area contributed by atoms with Crippen LogP contribution in [-0.2, 0) is 0 Å². The Morgan fingerprint density at radius 1 is 1.20 bits per heavy atom. The highest BCUT2D eigenvalue weighted by Gasteiger charge is 2.28. The predicted octanol–water partition coefficient (Wildman–Crippen LogP) is 5.02. The molecule has 1 aromatic carbocycles. The summed E-state index contributed by atoms with van der Waals surface area (Å²) >= 11 is 5.91. The van der Waals surface area contributed by atoms with Gasteiger partial charge in [-0.05, 0) is 48.3 Å². The van der Waals surface area contributed by atoms with Crippen molar-refractivity contribution in [2.24, 2.45) is 5.41 Å². The molecule has 82 valence electrons. The average Bonchev–Trinajstić information content (AvgIpc) is 2.17. The van der Waals surface area contributed by atoms with Crippen LogP contribution in [0.1, 0.15) is 51.0 Å². The minimum Gasteiger partial charge on any atom is -0.0843 e. The minimum atomic E-state index is 0.516. The van der Waals surface area contributed by atoms with E-state index < -0.39 is 0 Å². The molecule has 0 amide bonds. The van der Waals surface area contributed by atoms with Crippen LogP contribution in [0, 0.1) is 5.41 Å². The van der Waals surface area contributed by atoms with Gasteiger partial charge in [0.1, 0.15) is 0 Å². The molecule has 0 bridgehead atoms. The topological polar surface area (TPSA) is 0 Å². The van der Waals surface area contributed by atoms with Gasteiger partial charge in [0.05, 0.1) is 0 Å². The van der Waals surface area contributed by atoms with Crippen molar-refractivity contribution in [3.8, 4) is 0 Å². The second-order valence-electron chi connectivity index (χ2n) is 5.51.